The number of alkyl halides is 3. The van der Waals surface area contributed by atoms with Crippen LogP contribution in [0.3, 0.4) is 0 Å². The van der Waals surface area contributed by atoms with Crippen LogP contribution >= 0.6 is 30.5 Å². The fraction of sp³-hybridized carbons (Fsp3) is 0.0357. The maximum Gasteiger partial charge on any atom is 0.416 e. The van der Waals surface area contributed by atoms with E-state index in [1.807, 2.05) is 91.0 Å². The van der Waals surface area contributed by atoms with Crippen LogP contribution in [0.1, 0.15) is 5.56 Å². The van der Waals surface area contributed by atoms with Crippen molar-refractivity contribution in [2.75, 3.05) is 5.32 Å². The van der Waals surface area contributed by atoms with Crippen LogP contribution in [-0.4, -0.2) is 11.0 Å². The number of hydrogen-bond donors (Lipinski definition) is 2. The van der Waals surface area contributed by atoms with Crippen LogP contribution in [0.15, 0.2) is 119 Å². The summed E-state index contributed by atoms with van der Waals surface area (Å²) in [4.78, 5) is 23.9. The predicted octanol–water partition coefficient (Wildman–Crippen LogP) is 7.33. The Morgan fingerprint density at radius 3 is 1.60 bits per heavy atom. The van der Waals surface area contributed by atoms with Gasteiger partial charge in [-0.2, -0.15) is 13.2 Å². The first-order valence-electron chi connectivity index (χ1n) is 11.6. The number of rotatable bonds is 7. The number of halogens is 5. The van der Waals surface area contributed by atoms with Gasteiger partial charge in [-0.3, -0.25) is 15.4 Å². The first-order valence-corrected chi connectivity index (χ1v) is 14.1. The fourth-order valence-electron chi connectivity index (χ4n) is 4.27. The summed E-state index contributed by atoms with van der Waals surface area (Å²) < 4.78 is 39.2. The van der Waals surface area contributed by atoms with Gasteiger partial charge in [0.1, 0.15) is 21.6 Å². The molecule has 0 aromatic heterocycles. The standard InChI is InChI=1S/C28H19Cl2F3N3O3P/c29-25(30)26(35-27(37)34-23-17-16-19(28(31,32)33)18-24(23)36(38)39)40(20-10-4-1-5-11-20,21-12-6-2-7-13-21)22-14-8-3-9-15-22/h1-18H,(H-,34,35,37)/p+1. The third kappa shape index (κ3) is 5.97. The molecule has 0 heterocycles. The van der Waals surface area contributed by atoms with Crippen molar-refractivity contribution >= 4 is 63.8 Å². The SMILES string of the molecule is O=C(NC(=C(Cl)Cl)[P+](c1ccccc1)(c1ccccc1)c1ccccc1)Nc1ccc(C(F)(F)F)cc1[N+](=O)[O-]. The molecule has 0 atom stereocenters. The van der Waals surface area contributed by atoms with E-state index in [1.165, 1.54) is 0 Å². The van der Waals surface area contributed by atoms with Crippen LogP contribution in [-0.2, 0) is 6.18 Å². The Morgan fingerprint density at radius 1 is 0.775 bits per heavy atom. The van der Waals surface area contributed by atoms with Gasteiger partial charge in [0.15, 0.2) is 11.8 Å². The quantitative estimate of drug-likeness (QED) is 0.131. The Hall–Kier alpha value is -3.91. The topological polar surface area (TPSA) is 84.3 Å². The highest BCUT2D eigenvalue weighted by Gasteiger charge is 2.52. The molecule has 4 rings (SSSR count). The van der Waals surface area contributed by atoms with Crippen molar-refractivity contribution in [3.8, 4) is 0 Å². The highest BCUT2D eigenvalue weighted by atomic mass is 35.5. The van der Waals surface area contributed by atoms with Gasteiger partial charge >= 0.3 is 12.2 Å². The molecule has 0 unspecified atom stereocenters. The first kappa shape index (κ1) is 29.1. The van der Waals surface area contributed by atoms with Gasteiger partial charge in [0, 0.05) is 6.07 Å². The summed E-state index contributed by atoms with van der Waals surface area (Å²) in [6, 6.07) is 28.6. The molecular formula is C28H20Cl2F3N3O3P+. The molecule has 0 fully saturated rings. The molecule has 2 N–H and O–H groups in total. The van der Waals surface area contributed by atoms with Crippen LogP contribution < -0.4 is 26.5 Å². The van der Waals surface area contributed by atoms with E-state index in [2.05, 4.69) is 10.6 Å². The summed E-state index contributed by atoms with van der Waals surface area (Å²) >= 11 is 12.9. The van der Waals surface area contributed by atoms with Crippen molar-refractivity contribution in [1.29, 1.82) is 0 Å². The summed E-state index contributed by atoms with van der Waals surface area (Å²) in [5, 5.41) is 18.9. The molecule has 0 aliphatic heterocycles. The molecule has 6 nitrogen and oxygen atoms in total. The number of hydrogen-bond acceptors (Lipinski definition) is 3. The molecule has 0 aliphatic carbocycles. The van der Waals surface area contributed by atoms with Crippen LogP contribution in [0, 0.1) is 10.1 Å². The van der Waals surface area contributed by atoms with Gasteiger partial charge in [-0.15, -0.1) is 0 Å². The van der Waals surface area contributed by atoms with Crippen LogP contribution in [0.4, 0.5) is 29.3 Å². The van der Waals surface area contributed by atoms with Crippen molar-refractivity contribution in [2.45, 2.75) is 6.18 Å². The summed E-state index contributed by atoms with van der Waals surface area (Å²) in [5.74, 6) is 0. The minimum absolute atomic E-state index is 0.131. The Balaban J connectivity index is 1.85. The third-order valence-corrected chi connectivity index (χ3v) is 10.8. The summed E-state index contributed by atoms with van der Waals surface area (Å²) in [6.45, 7) is 0. The smallest absolute Gasteiger partial charge is 0.302 e. The Bertz CT molecular complexity index is 1450. The Morgan fingerprint density at radius 2 is 1.23 bits per heavy atom. The van der Waals surface area contributed by atoms with E-state index in [-0.39, 0.29) is 9.93 Å². The fourth-order valence-corrected chi connectivity index (χ4v) is 9.18. The van der Waals surface area contributed by atoms with E-state index in [0.717, 1.165) is 22.0 Å². The maximum absolute atomic E-state index is 13.3. The number of benzene rings is 4. The predicted molar refractivity (Wildman–Crippen MR) is 154 cm³/mol. The lowest BCUT2D eigenvalue weighted by atomic mass is 10.1. The number of nitrogens with zero attached hydrogens (tertiary/aromatic N) is 1. The van der Waals surface area contributed by atoms with E-state index < -0.39 is 41.3 Å². The molecule has 0 aliphatic rings. The second-order valence-corrected chi connectivity index (χ2v) is 12.6. The average Bonchev–Trinajstić information content (AvgIpc) is 2.94. The number of nitrogens with one attached hydrogen (secondary N) is 2. The molecule has 0 saturated carbocycles. The summed E-state index contributed by atoms with van der Waals surface area (Å²) in [5.41, 5.74) is -2.46. The van der Waals surface area contributed by atoms with Gasteiger partial charge in [-0.1, -0.05) is 77.8 Å². The summed E-state index contributed by atoms with van der Waals surface area (Å²) in [7, 11) is -2.98. The number of amides is 2. The van der Waals surface area contributed by atoms with E-state index >= 15 is 0 Å². The molecule has 204 valence electrons. The molecule has 0 spiro atoms. The number of anilines is 1. The van der Waals surface area contributed by atoms with E-state index in [4.69, 9.17) is 23.2 Å². The Kier molecular flexibility index (Phi) is 8.79. The number of carbonyl (C=O) groups is 1. The van der Waals surface area contributed by atoms with Crippen molar-refractivity contribution < 1.29 is 22.9 Å². The lowest BCUT2D eigenvalue weighted by Gasteiger charge is -2.29. The first-order chi connectivity index (χ1) is 19.0. The normalized spacial score (nSPS) is 11.4. The molecule has 0 radical (unpaired) electrons. The van der Waals surface area contributed by atoms with Crippen molar-refractivity contribution in [2.24, 2.45) is 0 Å². The number of carbonyl (C=O) groups excluding carboxylic acids is 1. The zero-order valence-electron chi connectivity index (χ0n) is 20.4. The van der Waals surface area contributed by atoms with Gasteiger partial charge in [0.2, 0.25) is 5.44 Å². The van der Waals surface area contributed by atoms with Gasteiger partial charge in [0.05, 0.1) is 10.5 Å². The minimum Gasteiger partial charge on any atom is -0.302 e. The minimum atomic E-state index is -4.81. The second-order valence-electron chi connectivity index (χ2n) is 8.35. The van der Waals surface area contributed by atoms with Crippen LogP contribution in [0.2, 0.25) is 0 Å². The zero-order chi connectivity index (χ0) is 28.9. The molecule has 4 aromatic carbocycles. The average molecular weight is 605 g/mol. The van der Waals surface area contributed by atoms with E-state index in [0.29, 0.717) is 12.1 Å². The van der Waals surface area contributed by atoms with E-state index in [9.17, 15) is 28.1 Å². The molecular weight excluding hydrogens is 585 g/mol. The van der Waals surface area contributed by atoms with Gasteiger partial charge in [-0.05, 0) is 48.5 Å². The van der Waals surface area contributed by atoms with Crippen molar-refractivity contribution in [3.05, 3.63) is 135 Å². The number of nitro benzene ring substituents is 1. The van der Waals surface area contributed by atoms with Gasteiger partial charge in [-0.25, -0.2) is 4.79 Å². The molecule has 0 saturated heterocycles. The lowest BCUT2D eigenvalue weighted by molar-refractivity contribution is -0.384. The number of urea groups is 1. The monoisotopic (exact) mass is 604 g/mol. The molecule has 0 bridgehead atoms. The zero-order valence-corrected chi connectivity index (χ0v) is 22.8. The molecule has 12 heteroatoms. The van der Waals surface area contributed by atoms with Crippen LogP contribution in [0.25, 0.3) is 0 Å². The van der Waals surface area contributed by atoms with Crippen molar-refractivity contribution in [3.63, 3.8) is 0 Å². The second kappa shape index (κ2) is 12.1. The lowest BCUT2D eigenvalue weighted by Crippen LogP contribution is -2.40. The maximum atomic E-state index is 13.3. The van der Waals surface area contributed by atoms with Crippen LogP contribution in [0.5, 0.6) is 0 Å². The molecule has 40 heavy (non-hydrogen) atoms. The third-order valence-electron chi connectivity index (χ3n) is 5.95. The highest BCUT2D eigenvalue weighted by molar-refractivity contribution is 7.99. The molecule has 2 amide bonds. The number of nitro groups is 1. The largest absolute Gasteiger partial charge is 0.416 e. The summed E-state index contributed by atoms with van der Waals surface area (Å²) in [6.07, 6.45) is -4.81. The van der Waals surface area contributed by atoms with Gasteiger partial charge in [0.25, 0.3) is 5.69 Å². The Labute approximate surface area is 237 Å². The van der Waals surface area contributed by atoms with Crippen molar-refractivity contribution in [1.82, 2.24) is 5.32 Å². The van der Waals surface area contributed by atoms with E-state index in [1.54, 1.807) is 0 Å². The highest BCUT2D eigenvalue weighted by Crippen LogP contribution is 2.63. The van der Waals surface area contributed by atoms with Gasteiger partial charge < -0.3 is 5.32 Å². The molecule has 4 aromatic rings.